The first kappa shape index (κ1) is 19.3. The van der Waals surface area contributed by atoms with Crippen LogP contribution < -0.4 is 16.0 Å². The zero-order valence-electron chi connectivity index (χ0n) is 15.3. The summed E-state index contributed by atoms with van der Waals surface area (Å²) in [6.45, 7) is 3.35. The zero-order valence-corrected chi connectivity index (χ0v) is 16.0. The number of aryl methyl sites for hydroxylation is 1. The molecule has 7 nitrogen and oxygen atoms in total. The maximum atomic E-state index is 12.4. The summed E-state index contributed by atoms with van der Waals surface area (Å²) in [7, 11) is 0. The van der Waals surface area contributed by atoms with Crippen molar-refractivity contribution in [2.24, 2.45) is 0 Å². The average molecular weight is 396 g/mol. The number of nitrogens with zero attached hydrogens (tertiary/aromatic N) is 2. The Morgan fingerprint density at radius 2 is 1.71 bits per heavy atom. The minimum atomic E-state index is -0.401. The third kappa shape index (κ3) is 5.05. The van der Waals surface area contributed by atoms with E-state index in [1.807, 2.05) is 19.1 Å². The third-order valence-corrected chi connectivity index (χ3v) is 4.01. The summed E-state index contributed by atoms with van der Waals surface area (Å²) in [5.74, 6) is -0.0790. The Morgan fingerprint density at radius 3 is 2.36 bits per heavy atom. The Balaban J connectivity index is 1.67. The summed E-state index contributed by atoms with van der Waals surface area (Å²) in [6.07, 6.45) is 2.87. The van der Waals surface area contributed by atoms with Crippen molar-refractivity contribution in [2.45, 2.75) is 13.8 Å². The number of nitrogens with one attached hydrogen (secondary N) is 3. The first-order chi connectivity index (χ1) is 13.4. The minimum absolute atomic E-state index is 0.170. The summed E-state index contributed by atoms with van der Waals surface area (Å²) >= 11 is 5.96. The number of anilines is 4. The fourth-order valence-electron chi connectivity index (χ4n) is 2.49. The molecule has 3 N–H and O–H groups in total. The summed E-state index contributed by atoms with van der Waals surface area (Å²) in [5, 5.41) is 9.18. The molecular weight excluding hydrogens is 378 g/mol. The van der Waals surface area contributed by atoms with Crippen LogP contribution in [0.4, 0.5) is 22.9 Å². The van der Waals surface area contributed by atoms with Crippen LogP contribution in [0.15, 0.2) is 54.9 Å². The zero-order chi connectivity index (χ0) is 20.1. The van der Waals surface area contributed by atoms with E-state index in [-0.39, 0.29) is 11.6 Å². The molecule has 0 radical (unpaired) electrons. The van der Waals surface area contributed by atoms with Crippen LogP contribution in [-0.2, 0) is 4.79 Å². The van der Waals surface area contributed by atoms with Crippen LogP contribution in [0.3, 0.4) is 0 Å². The lowest BCUT2D eigenvalue weighted by Gasteiger charge is -2.10. The molecule has 0 spiro atoms. The van der Waals surface area contributed by atoms with Crippen molar-refractivity contribution in [3.8, 4) is 0 Å². The van der Waals surface area contributed by atoms with Crippen LogP contribution in [0.5, 0.6) is 0 Å². The Labute approximate surface area is 167 Å². The Morgan fingerprint density at radius 1 is 0.964 bits per heavy atom. The Kier molecular flexibility index (Phi) is 5.86. The maximum Gasteiger partial charge on any atom is 0.275 e. The van der Waals surface area contributed by atoms with Gasteiger partial charge < -0.3 is 16.0 Å². The van der Waals surface area contributed by atoms with E-state index in [0.717, 1.165) is 11.3 Å². The quantitative estimate of drug-likeness (QED) is 0.595. The van der Waals surface area contributed by atoms with Crippen LogP contribution in [0.2, 0.25) is 5.02 Å². The van der Waals surface area contributed by atoms with Crippen LogP contribution in [-0.4, -0.2) is 21.8 Å². The molecule has 0 bridgehead atoms. The number of hydrogen-bond donors (Lipinski definition) is 3. The van der Waals surface area contributed by atoms with E-state index < -0.39 is 5.91 Å². The van der Waals surface area contributed by atoms with Gasteiger partial charge in [-0.2, -0.15) is 0 Å². The number of rotatable bonds is 5. The van der Waals surface area contributed by atoms with E-state index in [1.165, 1.54) is 19.3 Å². The van der Waals surface area contributed by atoms with Gasteiger partial charge >= 0.3 is 0 Å². The third-order valence-electron chi connectivity index (χ3n) is 3.78. The van der Waals surface area contributed by atoms with Gasteiger partial charge in [0.05, 0.1) is 12.4 Å². The highest BCUT2D eigenvalue weighted by Gasteiger charge is 2.10. The molecule has 3 aromatic rings. The van der Waals surface area contributed by atoms with Crippen LogP contribution in [0.25, 0.3) is 0 Å². The molecule has 0 fully saturated rings. The summed E-state index contributed by atoms with van der Waals surface area (Å²) in [5.41, 5.74) is 3.12. The molecule has 3 rings (SSSR count). The molecule has 8 heteroatoms. The number of carbonyl (C=O) groups excluding carboxylic acids is 2. The van der Waals surface area contributed by atoms with Gasteiger partial charge in [-0.1, -0.05) is 17.7 Å². The lowest BCUT2D eigenvalue weighted by Crippen LogP contribution is -2.14. The maximum absolute atomic E-state index is 12.4. The smallest absolute Gasteiger partial charge is 0.275 e. The molecule has 2 aromatic carbocycles. The summed E-state index contributed by atoms with van der Waals surface area (Å²) < 4.78 is 0. The summed E-state index contributed by atoms with van der Waals surface area (Å²) in [6, 6.07) is 12.3. The van der Waals surface area contributed by atoms with Gasteiger partial charge in [-0.05, 0) is 48.9 Å². The molecule has 0 saturated carbocycles. The van der Waals surface area contributed by atoms with Gasteiger partial charge in [-0.15, -0.1) is 0 Å². The molecule has 0 unspecified atom stereocenters. The Bertz CT molecular complexity index is 1020. The van der Waals surface area contributed by atoms with Crippen LogP contribution in [0, 0.1) is 6.92 Å². The van der Waals surface area contributed by atoms with Crippen LogP contribution in [0.1, 0.15) is 23.0 Å². The molecule has 0 atom stereocenters. The number of carbonyl (C=O) groups is 2. The first-order valence-electron chi connectivity index (χ1n) is 8.45. The van der Waals surface area contributed by atoms with Crippen molar-refractivity contribution >= 4 is 46.3 Å². The van der Waals surface area contributed by atoms with E-state index in [1.54, 1.807) is 30.3 Å². The van der Waals surface area contributed by atoms with Crippen LogP contribution >= 0.6 is 11.6 Å². The predicted molar refractivity (Wildman–Crippen MR) is 110 cm³/mol. The van der Waals surface area contributed by atoms with Gasteiger partial charge in [0, 0.05) is 29.0 Å². The molecule has 28 heavy (non-hydrogen) atoms. The second kappa shape index (κ2) is 8.49. The van der Waals surface area contributed by atoms with Crippen molar-refractivity contribution in [1.29, 1.82) is 0 Å². The van der Waals surface area contributed by atoms with E-state index in [9.17, 15) is 9.59 Å². The van der Waals surface area contributed by atoms with Crippen molar-refractivity contribution < 1.29 is 9.59 Å². The monoisotopic (exact) mass is 395 g/mol. The van der Waals surface area contributed by atoms with Crippen molar-refractivity contribution in [3.05, 3.63) is 71.1 Å². The lowest BCUT2D eigenvalue weighted by molar-refractivity contribution is -0.114. The van der Waals surface area contributed by atoms with Gasteiger partial charge in [0.1, 0.15) is 11.5 Å². The molecule has 2 amide bonds. The van der Waals surface area contributed by atoms with Crippen molar-refractivity contribution in [3.63, 3.8) is 0 Å². The molecule has 1 heterocycles. The van der Waals surface area contributed by atoms with E-state index in [4.69, 9.17) is 11.6 Å². The van der Waals surface area contributed by atoms with Gasteiger partial charge in [0.25, 0.3) is 5.91 Å². The largest absolute Gasteiger partial charge is 0.339 e. The van der Waals surface area contributed by atoms with Gasteiger partial charge in [0.15, 0.2) is 0 Å². The first-order valence-corrected chi connectivity index (χ1v) is 8.83. The van der Waals surface area contributed by atoms with Crippen molar-refractivity contribution in [2.75, 3.05) is 16.0 Å². The van der Waals surface area contributed by atoms with Crippen molar-refractivity contribution in [1.82, 2.24) is 9.97 Å². The number of halogens is 1. The van der Waals surface area contributed by atoms with E-state index >= 15 is 0 Å². The van der Waals surface area contributed by atoms with Gasteiger partial charge in [-0.25, -0.2) is 9.97 Å². The topological polar surface area (TPSA) is 96.0 Å². The molecule has 0 aliphatic heterocycles. The highest BCUT2D eigenvalue weighted by molar-refractivity contribution is 6.30. The molecule has 0 aliphatic carbocycles. The minimum Gasteiger partial charge on any atom is -0.339 e. The molecular formula is C20H18ClN5O2. The predicted octanol–water partition coefficient (Wildman–Crippen LogP) is 4.39. The Hall–Kier alpha value is -3.45. The molecule has 1 aromatic heterocycles. The molecule has 0 saturated heterocycles. The second-order valence-corrected chi connectivity index (χ2v) is 6.52. The SMILES string of the molecule is CC(=O)Nc1cccc(NC(=O)c2cnc(Nc3ccc(Cl)cc3C)cn2)c1. The summed E-state index contributed by atoms with van der Waals surface area (Å²) in [4.78, 5) is 31.9. The molecule has 142 valence electrons. The number of aromatic nitrogens is 2. The second-order valence-electron chi connectivity index (χ2n) is 6.09. The van der Waals surface area contributed by atoms with Gasteiger partial charge in [-0.3, -0.25) is 9.59 Å². The number of benzene rings is 2. The van der Waals surface area contributed by atoms with E-state index in [2.05, 4.69) is 25.9 Å². The van der Waals surface area contributed by atoms with E-state index in [0.29, 0.717) is 22.2 Å². The van der Waals surface area contributed by atoms with Gasteiger partial charge in [0.2, 0.25) is 5.91 Å². The highest BCUT2D eigenvalue weighted by Crippen LogP contribution is 2.22. The number of amides is 2. The lowest BCUT2D eigenvalue weighted by atomic mass is 10.2. The standard InChI is InChI=1S/C20H18ClN5O2/c1-12-8-14(21)6-7-17(12)26-19-11-22-18(10-23-19)20(28)25-16-5-3-4-15(9-16)24-13(2)27/h3-11H,1-2H3,(H,23,26)(H,24,27)(H,25,28). The normalized spacial score (nSPS) is 10.2. The molecule has 0 aliphatic rings. The fourth-order valence-corrected chi connectivity index (χ4v) is 2.71. The average Bonchev–Trinajstić information content (AvgIpc) is 2.64. The number of hydrogen-bond acceptors (Lipinski definition) is 5. The highest BCUT2D eigenvalue weighted by atomic mass is 35.5. The fraction of sp³-hybridized carbons (Fsp3) is 0.100.